The maximum absolute atomic E-state index is 11.5. The third-order valence-electron chi connectivity index (χ3n) is 2.75. The van der Waals surface area contributed by atoms with Gasteiger partial charge < -0.3 is 20.1 Å². The van der Waals surface area contributed by atoms with Gasteiger partial charge in [0.25, 0.3) is 0 Å². The Bertz CT molecular complexity index is 391. The van der Waals surface area contributed by atoms with Gasteiger partial charge in [-0.25, -0.2) is 4.79 Å². The molecule has 0 radical (unpaired) electrons. The standard InChI is InChI=1S/C12H16N2O3/c1-16-10-4-2-9(3-5-10)7-14-8-11(6-13)17-12(14)15/h2-5,11H,6-8,13H2,1H3. The van der Waals surface area contributed by atoms with E-state index in [0.29, 0.717) is 19.6 Å². The lowest BCUT2D eigenvalue weighted by Crippen LogP contribution is -2.27. The summed E-state index contributed by atoms with van der Waals surface area (Å²) in [7, 11) is 1.62. The van der Waals surface area contributed by atoms with Gasteiger partial charge >= 0.3 is 6.09 Å². The van der Waals surface area contributed by atoms with E-state index in [-0.39, 0.29) is 12.2 Å². The van der Waals surface area contributed by atoms with Crippen molar-refractivity contribution >= 4 is 6.09 Å². The molecule has 0 saturated carbocycles. The van der Waals surface area contributed by atoms with Gasteiger partial charge in [-0.2, -0.15) is 0 Å². The number of nitrogens with two attached hydrogens (primary N) is 1. The molecule has 0 spiro atoms. The molecule has 5 heteroatoms. The predicted octanol–water partition coefficient (Wildman–Crippen LogP) is 0.975. The molecule has 0 aromatic heterocycles. The molecule has 17 heavy (non-hydrogen) atoms. The molecule has 1 aliphatic rings. The highest BCUT2D eigenvalue weighted by Crippen LogP contribution is 2.17. The van der Waals surface area contributed by atoms with Crippen LogP contribution in [0.1, 0.15) is 5.56 Å². The third-order valence-corrected chi connectivity index (χ3v) is 2.75. The first-order valence-corrected chi connectivity index (χ1v) is 5.51. The summed E-state index contributed by atoms with van der Waals surface area (Å²) >= 11 is 0. The quantitative estimate of drug-likeness (QED) is 0.846. The number of hydrogen-bond acceptors (Lipinski definition) is 4. The second-order valence-electron chi connectivity index (χ2n) is 3.97. The van der Waals surface area contributed by atoms with Gasteiger partial charge in [0.2, 0.25) is 0 Å². The molecule has 1 heterocycles. The number of carbonyl (C=O) groups excluding carboxylic acids is 1. The number of methoxy groups -OCH3 is 1. The Kier molecular flexibility index (Phi) is 3.49. The predicted molar refractivity (Wildman–Crippen MR) is 62.7 cm³/mol. The van der Waals surface area contributed by atoms with Crippen LogP contribution in [0.3, 0.4) is 0 Å². The molecule has 0 bridgehead atoms. The van der Waals surface area contributed by atoms with Gasteiger partial charge in [-0.15, -0.1) is 0 Å². The lowest BCUT2D eigenvalue weighted by molar-refractivity contribution is 0.134. The van der Waals surface area contributed by atoms with Crippen molar-refractivity contribution in [2.45, 2.75) is 12.6 Å². The monoisotopic (exact) mass is 236 g/mol. The van der Waals surface area contributed by atoms with E-state index in [4.69, 9.17) is 15.2 Å². The molecule has 1 aromatic rings. The average molecular weight is 236 g/mol. The first-order chi connectivity index (χ1) is 8.22. The van der Waals surface area contributed by atoms with Crippen LogP contribution in [0.4, 0.5) is 4.79 Å². The zero-order valence-corrected chi connectivity index (χ0v) is 9.76. The van der Waals surface area contributed by atoms with Crippen LogP contribution < -0.4 is 10.5 Å². The van der Waals surface area contributed by atoms with Crippen LogP contribution in [-0.4, -0.2) is 37.3 Å². The molecular weight excluding hydrogens is 220 g/mol. The summed E-state index contributed by atoms with van der Waals surface area (Å²) in [6.07, 6.45) is -0.475. The van der Waals surface area contributed by atoms with Crippen LogP contribution >= 0.6 is 0 Å². The van der Waals surface area contributed by atoms with Gasteiger partial charge in [-0.05, 0) is 17.7 Å². The van der Waals surface area contributed by atoms with Gasteiger partial charge in [0.1, 0.15) is 11.9 Å². The maximum atomic E-state index is 11.5. The van der Waals surface area contributed by atoms with Crippen LogP contribution in [0.15, 0.2) is 24.3 Å². The maximum Gasteiger partial charge on any atom is 0.410 e. The lowest BCUT2D eigenvalue weighted by Gasteiger charge is -2.12. The van der Waals surface area contributed by atoms with E-state index in [0.717, 1.165) is 11.3 Å². The Morgan fingerprint density at radius 3 is 2.71 bits per heavy atom. The smallest absolute Gasteiger partial charge is 0.410 e. The number of ether oxygens (including phenoxy) is 2. The van der Waals surface area contributed by atoms with Crippen LogP contribution in [0.2, 0.25) is 0 Å². The molecule has 1 amide bonds. The lowest BCUT2D eigenvalue weighted by atomic mass is 10.2. The van der Waals surface area contributed by atoms with E-state index >= 15 is 0 Å². The fourth-order valence-corrected chi connectivity index (χ4v) is 1.78. The first-order valence-electron chi connectivity index (χ1n) is 5.51. The second-order valence-corrected chi connectivity index (χ2v) is 3.97. The van der Waals surface area contributed by atoms with Crippen molar-refractivity contribution in [2.24, 2.45) is 5.73 Å². The van der Waals surface area contributed by atoms with E-state index in [1.54, 1.807) is 12.0 Å². The Morgan fingerprint density at radius 2 is 2.18 bits per heavy atom. The zero-order chi connectivity index (χ0) is 12.3. The van der Waals surface area contributed by atoms with Gasteiger partial charge in [-0.3, -0.25) is 0 Å². The fraction of sp³-hybridized carbons (Fsp3) is 0.417. The van der Waals surface area contributed by atoms with Crippen molar-refractivity contribution in [3.8, 4) is 5.75 Å². The van der Waals surface area contributed by atoms with Crippen molar-refractivity contribution in [3.05, 3.63) is 29.8 Å². The molecule has 1 fully saturated rings. The molecule has 0 aliphatic carbocycles. The topological polar surface area (TPSA) is 64.8 Å². The SMILES string of the molecule is COc1ccc(CN2CC(CN)OC2=O)cc1. The van der Waals surface area contributed by atoms with Crippen molar-refractivity contribution in [2.75, 3.05) is 20.2 Å². The molecule has 1 aromatic carbocycles. The molecule has 92 valence electrons. The third kappa shape index (κ3) is 2.68. The van der Waals surface area contributed by atoms with Gasteiger partial charge in [0.05, 0.1) is 13.7 Å². The Labute approximate surface area is 100 Å². The number of benzene rings is 1. The van der Waals surface area contributed by atoms with E-state index in [1.165, 1.54) is 0 Å². The zero-order valence-electron chi connectivity index (χ0n) is 9.76. The van der Waals surface area contributed by atoms with E-state index in [9.17, 15) is 4.79 Å². The number of amides is 1. The van der Waals surface area contributed by atoms with Crippen molar-refractivity contribution in [1.82, 2.24) is 4.90 Å². The average Bonchev–Trinajstić information content (AvgIpc) is 2.71. The summed E-state index contributed by atoms with van der Waals surface area (Å²) in [6.45, 7) is 1.46. The Balaban J connectivity index is 1.98. The normalized spacial score (nSPS) is 19.3. The number of cyclic esters (lactones) is 1. The minimum absolute atomic E-state index is 0.180. The molecule has 1 atom stereocenters. The number of rotatable bonds is 4. The van der Waals surface area contributed by atoms with Crippen molar-refractivity contribution in [3.63, 3.8) is 0 Å². The number of carbonyl (C=O) groups is 1. The fourth-order valence-electron chi connectivity index (χ4n) is 1.78. The van der Waals surface area contributed by atoms with Crippen LogP contribution in [-0.2, 0) is 11.3 Å². The van der Waals surface area contributed by atoms with Gasteiger partial charge in [-0.1, -0.05) is 12.1 Å². The highest BCUT2D eigenvalue weighted by molar-refractivity contribution is 5.70. The summed E-state index contributed by atoms with van der Waals surface area (Å²) in [4.78, 5) is 13.1. The first kappa shape index (κ1) is 11.7. The van der Waals surface area contributed by atoms with Gasteiger partial charge in [0, 0.05) is 13.1 Å². The van der Waals surface area contributed by atoms with Crippen LogP contribution in [0, 0.1) is 0 Å². The van der Waals surface area contributed by atoms with Crippen LogP contribution in [0.25, 0.3) is 0 Å². The Hall–Kier alpha value is -1.75. The van der Waals surface area contributed by atoms with E-state index < -0.39 is 0 Å². The summed E-state index contributed by atoms with van der Waals surface area (Å²) in [6, 6.07) is 7.61. The molecule has 2 rings (SSSR count). The highest BCUT2D eigenvalue weighted by Gasteiger charge is 2.29. The van der Waals surface area contributed by atoms with E-state index in [2.05, 4.69) is 0 Å². The van der Waals surface area contributed by atoms with E-state index in [1.807, 2.05) is 24.3 Å². The molecule has 1 saturated heterocycles. The van der Waals surface area contributed by atoms with Crippen molar-refractivity contribution in [1.29, 1.82) is 0 Å². The highest BCUT2D eigenvalue weighted by atomic mass is 16.6. The minimum atomic E-state index is -0.295. The summed E-state index contributed by atoms with van der Waals surface area (Å²) in [5.41, 5.74) is 6.51. The number of hydrogen-bond donors (Lipinski definition) is 1. The molecule has 1 aliphatic heterocycles. The Morgan fingerprint density at radius 1 is 1.47 bits per heavy atom. The van der Waals surface area contributed by atoms with Crippen LogP contribution in [0.5, 0.6) is 5.75 Å². The minimum Gasteiger partial charge on any atom is -0.497 e. The summed E-state index contributed by atoms with van der Waals surface area (Å²) in [5.74, 6) is 0.803. The molecule has 5 nitrogen and oxygen atoms in total. The van der Waals surface area contributed by atoms with Crippen molar-refractivity contribution < 1.29 is 14.3 Å². The summed E-state index contributed by atoms with van der Waals surface area (Å²) in [5, 5.41) is 0. The second kappa shape index (κ2) is 5.05. The van der Waals surface area contributed by atoms with Gasteiger partial charge in [0.15, 0.2) is 0 Å². The number of nitrogens with zero attached hydrogens (tertiary/aromatic N) is 1. The molecule has 2 N–H and O–H groups in total. The largest absolute Gasteiger partial charge is 0.497 e. The molecule has 1 unspecified atom stereocenters. The molecular formula is C12H16N2O3. The summed E-state index contributed by atoms with van der Waals surface area (Å²) < 4.78 is 10.2.